The van der Waals surface area contributed by atoms with E-state index in [1.807, 2.05) is 24.5 Å². The molecule has 5 nitrogen and oxygen atoms in total. The van der Waals surface area contributed by atoms with Gasteiger partial charge in [-0.15, -0.1) is 0 Å². The Hall–Kier alpha value is -1.88. The van der Waals surface area contributed by atoms with Crippen molar-refractivity contribution in [1.82, 2.24) is 10.7 Å². The largest absolute Gasteiger partial charge is 0.340 e. The van der Waals surface area contributed by atoms with E-state index >= 15 is 0 Å². The molecule has 0 bridgehead atoms. The van der Waals surface area contributed by atoms with Gasteiger partial charge in [-0.2, -0.15) is 0 Å². The van der Waals surface area contributed by atoms with Crippen LogP contribution in [0, 0.1) is 6.92 Å². The highest BCUT2D eigenvalue weighted by molar-refractivity contribution is 5.97. The van der Waals surface area contributed by atoms with Crippen molar-refractivity contribution in [3.63, 3.8) is 0 Å². The highest BCUT2D eigenvalue weighted by Gasteiger charge is 2.14. The summed E-state index contributed by atoms with van der Waals surface area (Å²) in [6, 6.07) is 6.43. The zero-order valence-electron chi connectivity index (χ0n) is 9.28. The SMILES string of the molecule is Cc1ccc(C(=O)NC(C)C(=O)NN)cc1. The summed E-state index contributed by atoms with van der Waals surface area (Å²) in [7, 11) is 0. The number of aryl methyl sites for hydroxylation is 1. The summed E-state index contributed by atoms with van der Waals surface area (Å²) in [4.78, 5) is 22.7. The Morgan fingerprint density at radius 2 is 1.81 bits per heavy atom. The van der Waals surface area contributed by atoms with Gasteiger partial charge in [0.2, 0.25) is 0 Å². The number of carbonyl (C=O) groups excluding carboxylic acids is 2. The average molecular weight is 221 g/mol. The van der Waals surface area contributed by atoms with Crippen molar-refractivity contribution < 1.29 is 9.59 Å². The molecule has 0 aliphatic rings. The van der Waals surface area contributed by atoms with Crippen LogP contribution in [-0.4, -0.2) is 17.9 Å². The fourth-order valence-electron chi connectivity index (χ4n) is 1.18. The number of hydrogen-bond donors (Lipinski definition) is 3. The number of nitrogens with two attached hydrogens (primary N) is 1. The molecule has 1 atom stereocenters. The topological polar surface area (TPSA) is 84.2 Å². The first kappa shape index (κ1) is 12.2. The molecule has 1 unspecified atom stereocenters. The lowest BCUT2D eigenvalue weighted by molar-refractivity contribution is -0.122. The summed E-state index contributed by atoms with van der Waals surface area (Å²) in [6.07, 6.45) is 0. The Kier molecular flexibility index (Phi) is 4.02. The molecule has 16 heavy (non-hydrogen) atoms. The van der Waals surface area contributed by atoms with Gasteiger partial charge in [-0.05, 0) is 26.0 Å². The summed E-state index contributed by atoms with van der Waals surface area (Å²) in [5, 5.41) is 2.54. The van der Waals surface area contributed by atoms with Gasteiger partial charge < -0.3 is 5.32 Å². The van der Waals surface area contributed by atoms with Gasteiger partial charge >= 0.3 is 0 Å². The number of nitrogens with one attached hydrogen (secondary N) is 2. The summed E-state index contributed by atoms with van der Waals surface area (Å²) >= 11 is 0. The molecule has 0 radical (unpaired) electrons. The van der Waals surface area contributed by atoms with Crippen LogP contribution in [0.3, 0.4) is 0 Å². The van der Waals surface area contributed by atoms with Crippen LogP contribution in [0.4, 0.5) is 0 Å². The maximum Gasteiger partial charge on any atom is 0.256 e. The van der Waals surface area contributed by atoms with Crippen molar-refractivity contribution in [3.05, 3.63) is 35.4 Å². The van der Waals surface area contributed by atoms with E-state index in [2.05, 4.69) is 5.32 Å². The molecule has 0 fully saturated rings. The van der Waals surface area contributed by atoms with Crippen LogP contribution < -0.4 is 16.6 Å². The van der Waals surface area contributed by atoms with E-state index in [0.29, 0.717) is 5.56 Å². The lowest BCUT2D eigenvalue weighted by Gasteiger charge is -2.11. The zero-order chi connectivity index (χ0) is 12.1. The molecule has 0 heterocycles. The predicted octanol–water partition coefficient (Wildman–Crippen LogP) is 0.103. The van der Waals surface area contributed by atoms with Crippen molar-refractivity contribution in [2.75, 3.05) is 0 Å². The standard InChI is InChI=1S/C11H15N3O2/c1-7-3-5-9(6-4-7)11(16)13-8(2)10(15)14-12/h3-6,8H,12H2,1-2H3,(H,13,16)(H,14,15). The van der Waals surface area contributed by atoms with E-state index in [-0.39, 0.29) is 5.91 Å². The first-order valence-corrected chi connectivity index (χ1v) is 4.92. The molecule has 5 heteroatoms. The van der Waals surface area contributed by atoms with Gasteiger partial charge in [0, 0.05) is 5.56 Å². The second-order valence-electron chi connectivity index (χ2n) is 3.57. The van der Waals surface area contributed by atoms with Crippen molar-refractivity contribution in [3.8, 4) is 0 Å². The molecular weight excluding hydrogens is 206 g/mol. The minimum Gasteiger partial charge on any atom is -0.340 e. The van der Waals surface area contributed by atoms with Gasteiger partial charge in [0.1, 0.15) is 6.04 Å². The smallest absolute Gasteiger partial charge is 0.256 e. The number of rotatable bonds is 3. The summed E-state index contributed by atoms with van der Waals surface area (Å²) < 4.78 is 0. The predicted molar refractivity (Wildman–Crippen MR) is 60.4 cm³/mol. The minimum atomic E-state index is -0.654. The maximum atomic E-state index is 11.7. The molecule has 1 rings (SSSR count). The van der Waals surface area contributed by atoms with Gasteiger partial charge in [-0.1, -0.05) is 17.7 Å². The molecule has 0 aliphatic carbocycles. The second-order valence-corrected chi connectivity index (χ2v) is 3.57. The first-order valence-electron chi connectivity index (χ1n) is 4.92. The van der Waals surface area contributed by atoms with Gasteiger partial charge in [-0.3, -0.25) is 15.0 Å². The molecule has 0 saturated carbocycles. The Bertz CT molecular complexity index is 387. The molecular formula is C11H15N3O2. The van der Waals surface area contributed by atoms with Crippen LogP contribution in [-0.2, 0) is 4.79 Å². The quantitative estimate of drug-likeness (QED) is 0.384. The van der Waals surface area contributed by atoms with Crippen molar-refractivity contribution >= 4 is 11.8 Å². The van der Waals surface area contributed by atoms with Crippen LogP contribution in [0.2, 0.25) is 0 Å². The van der Waals surface area contributed by atoms with Gasteiger partial charge in [0.15, 0.2) is 0 Å². The van der Waals surface area contributed by atoms with Gasteiger partial charge in [-0.25, -0.2) is 5.84 Å². The fraction of sp³-hybridized carbons (Fsp3) is 0.273. The van der Waals surface area contributed by atoms with Crippen LogP contribution in [0.1, 0.15) is 22.8 Å². The normalized spacial score (nSPS) is 11.7. The van der Waals surface area contributed by atoms with Crippen LogP contribution in [0.25, 0.3) is 0 Å². The Morgan fingerprint density at radius 3 is 2.31 bits per heavy atom. The lowest BCUT2D eigenvalue weighted by Crippen LogP contribution is -2.47. The second kappa shape index (κ2) is 5.27. The fourth-order valence-corrected chi connectivity index (χ4v) is 1.18. The monoisotopic (exact) mass is 221 g/mol. The lowest BCUT2D eigenvalue weighted by atomic mass is 10.1. The van der Waals surface area contributed by atoms with Crippen molar-refractivity contribution in [2.24, 2.45) is 5.84 Å². The third kappa shape index (κ3) is 3.06. The van der Waals surface area contributed by atoms with Crippen LogP contribution in [0.5, 0.6) is 0 Å². The van der Waals surface area contributed by atoms with Gasteiger partial charge in [0.05, 0.1) is 0 Å². The maximum absolute atomic E-state index is 11.7. The molecule has 1 aromatic rings. The Balaban J connectivity index is 2.65. The van der Waals surface area contributed by atoms with E-state index in [1.54, 1.807) is 19.1 Å². The Morgan fingerprint density at radius 1 is 1.25 bits per heavy atom. The van der Waals surface area contributed by atoms with E-state index in [4.69, 9.17) is 5.84 Å². The molecule has 86 valence electrons. The van der Waals surface area contributed by atoms with Gasteiger partial charge in [0.25, 0.3) is 11.8 Å². The van der Waals surface area contributed by atoms with Crippen molar-refractivity contribution in [2.45, 2.75) is 19.9 Å². The number of amides is 2. The van der Waals surface area contributed by atoms with Crippen LogP contribution in [0.15, 0.2) is 24.3 Å². The molecule has 0 aliphatic heterocycles. The average Bonchev–Trinajstić information content (AvgIpc) is 2.28. The third-order valence-electron chi connectivity index (χ3n) is 2.20. The number of benzene rings is 1. The summed E-state index contributed by atoms with van der Waals surface area (Å²) in [5.41, 5.74) is 3.57. The number of carbonyl (C=O) groups is 2. The zero-order valence-corrected chi connectivity index (χ0v) is 9.28. The molecule has 4 N–H and O–H groups in total. The summed E-state index contributed by atoms with van der Waals surface area (Å²) in [5.74, 6) is 4.23. The highest BCUT2D eigenvalue weighted by Crippen LogP contribution is 2.03. The minimum absolute atomic E-state index is 0.295. The van der Waals surface area contributed by atoms with E-state index in [9.17, 15) is 9.59 Å². The highest BCUT2D eigenvalue weighted by atomic mass is 16.2. The molecule has 1 aromatic carbocycles. The van der Waals surface area contributed by atoms with E-state index in [0.717, 1.165) is 5.56 Å². The summed E-state index contributed by atoms with van der Waals surface area (Å²) in [6.45, 7) is 3.50. The third-order valence-corrected chi connectivity index (χ3v) is 2.20. The van der Waals surface area contributed by atoms with E-state index < -0.39 is 11.9 Å². The molecule has 0 aromatic heterocycles. The van der Waals surface area contributed by atoms with Crippen LogP contribution >= 0.6 is 0 Å². The number of hydrazine groups is 1. The number of hydrogen-bond acceptors (Lipinski definition) is 3. The van der Waals surface area contributed by atoms with E-state index in [1.165, 1.54) is 0 Å². The Labute approximate surface area is 94.0 Å². The molecule has 0 saturated heterocycles. The molecule has 2 amide bonds. The first-order chi connectivity index (χ1) is 7.54. The molecule has 0 spiro atoms. The van der Waals surface area contributed by atoms with Crippen molar-refractivity contribution in [1.29, 1.82) is 0 Å².